The summed E-state index contributed by atoms with van der Waals surface area (Å²) in [6.45, 7) is 1.81. The number of aromatic nitrogens is 3. The van der Waals surface area contributed by atoms with E-state index in [1.165, 1.54) is 17.8 Å². The standard InChI is InChI=1S/C12H11N4O2/c1-8(17)10-4-2-3-9(14-10)7-16-6-5-11(15-16)12(13)18/h2-4,6H,7H2,1H3,(H2,13,18). The van der Waals surface area contributed by atoms with Gasteiger partial charge < -0.3 is 5.73 Å². The van der Waals surface area contributed by atoms with Crippen LogP contribution in [-0.4, -0.2) is 26.5 Å². The van der Waals surface area contributed by atoms with Crippen LogP contribution in [0.1, 0.15) is 33.6 Å². The van der Waals surface area contributed by atoms with E-state index >= 15 is 0 Å². The van der Waals surface area contributed by atoms with Crippen molar-refractivity contribution >= 4 is 11.7 Å². The van der Waals surface area contributed by atoms with Crippen molar-refractivity contribution in [1.82, 2.24) is 14.8 Å². The second-order valence-corrected chi connectivity index (χ2v) is 3.75. The molecule has 0 spiro atoms. The molecule has 0 saturated carbocycles. The maximum atomic E-state index is 11.2. The van der Waals surface area contributed by atoms with Crippen LogP contribution in [0.25, 0.3) is 0 Å². The maximum absolute atomic E-state index is 11.2. The molecule has 1 radical (unpaired) electrons. The van der Waals surface area contributed by atoms with Crippen molar-refractivity contribution in [1.29, 1.82) is 0 Å². The van der Waals surface area contributed by atoms with Crippen LogP contribution in [0.2, 0.25) is 0 Å². The van der Waals surface area contributed by atoms with Gasteiger partial charge in [0.1, 0.15) is 5.69 Å². The molecule has 0 aliphatic heterocycles. The monoisotopic (exact) mass is 243 g/mol. The molecule has 0 fully saturated rings. The lowest BCUT2D eigenvalue weighted by atomic mass is 10.2. The predicted octanol–water partition coefficient (Wildman–Crippen LogP) is 0.428. The summed E-state index contributed by atoms with van der Waals surface area (Å²) in [6.07, 6.45) is 1.52. The molecule has 0 aromatic carbocycles. The molecular formula is C12H11N4O2. The summed E-state index contributed by atoms with van der Waals surface area (Å²) in [6, 6.07) is 7.82. The van der Waals surface area contributed by atoms with E-state index in [1.807, 2.05) is 0 Å². The van der Waals surface area contributed by atoms with Crippen molar-refractivity contribution in [2.24, 2.45) is 5.73 Å². The molecule has 0 aliphatic rings. The maximum Gasteiger partial charge on any atom is 0.269 e. The minimum atomic E-state index is -0.626. The first kappa shape index (κ1) is 12.0. The molecule has 18 heavy (non-hydrogen) atoms. The highest BCUT2D eigenvalue weighted by Gasteiger charge is 2.07. The average molecular weight is 243 g/mol. The van der Waals surface area contributed by atoms with Gasteiger partial charge in [-0.1, -0.05) is 6.07 Å². The van der Waals surface area contributed by atoms with Crippen LogP contribution in [-0.2, 0) is 6.54 Å². The van der Waals surface area contributed by atoms with Gasteiger partial charge in [-0.25, -0.2) is 4.98 Å². The second kappa shape index (κ2) is 4.79. The quantitative estimate of drug-likeness (QED) is 0.788. The summed E-state index contributed by atoms with van der Waals surface area (Å²) in [5.41, 5.74) is 6.24. The molecule has 2 heterocycles. The molecule has 1 amide bonds. The molecule has 0 aliphatic carbocycles. The van der Waals surface area contributed by atoms with Crippen LogP contribution in [0, 0.1) is 6.07 Å². The number of primary amides is 1. The van der Waals surface area contributed by atoms with Crippen LogP contribution >= 0.6 is 0 Å². The van der Waals surface area contributed by atoms with Gasteiger partial charge in [0.15, 0.2) is 11.5 Å². The van der Waals surface area contributed by atoms with E-state index in [0.717, 1.165) is 0 Å². The third-order valence-corrected chi connectivity index (χ3v) is 2.30. The zero-order chi connectivity index (χ0) is 13.1. The Morgan fingerprint density at radius 1 is 1.44 bits per heavy atom. The van der Waals surface area contributed by atoms with E-state index in [2.05, 4.69) is 16.1 Å². The summed E-state index contributed by atoms with van der Waals surface area (Å²) in [7, 11) is 0. The SMILES string of the molecule is CC(=O)c1cccc(Cn2c[c]c(C(N)=O)n2)n1. The Bertz CT molecular complexity index is 604. The molecule has 2 N–H and O–H groups in total. The van der Waals surface area contributed by atoms with Gasteiger partial charge in [0.25, 0.3) is 5.91 Å². The number of pyridine rings is 1. The van der Waals surface area contributed by atoms with Gasteiger partial charge in [0.05, 0.1) is 12.2 Å². The largest absolute Gasteiger partial charge is 0.364 e. The summed E-state index contributed by atoms with van der Waals surface area (Å²) < 4.78 is 1.49. The van der Waals surface area contributed by atoms with E-state index in [-0.39, 0.29) is 11.5 Å². The van der Waals surface area contributed by atoms with Crippen molar-refractivity contribution in [2.45, 2.75) is 13.5 Å². The molecule has 6 nitrogen and oxygen atoms in total. The number of hydrogen-bond acceptors (Lipinski definition) is 4. The van der Waals surface area contributed by atoms with Crippen molar-refractivity contribution in [3.8, 4) is 0 Å². The summed E-state index contributed by atoms with van der Waals surface area (Å²) in [4.78, 5) is 26.2. The normalized spacial score (nSPS) is 10.3. The molecule has 91 valence electrons. The van der Waals surface area contributed by atoms with Gasteiger partial charge in [-0.15, -0.1) is 0 Å². The number of amides is 1. The highest BCUT2D eigenvalue weighted by Crippen LogP contribution is 2.03. The Hall–Kier alpha value is -2.50. The van der Waals surface area contributed by atoms with Gasteiger partial charge in [0.2, 0.25) is 0 Å². The van der Waals surface area contributed by atoms with Gasteiger partial charge in [0, 0.05) is 19.2 Å². The number of hydrogen-bond donors (Lipinski definition) is 1. The minimum Gasteiger partial charge on any atom is -0.364 e. The summed E-state index contributed by atoms with van der Waals surface area (Å²) >= 11 is 0. The number of ketones is 1. The number of carbonyl (C=O) groups excluding carboxylic acids is 2. The van der Waals surface area contributed by atoms with E-state index in [0.29, 0.717) is 17.9 Å². The Kier molecular flexibility index (Phi) is 3.18. The number of carbonyl (C=O) groups is 2. The van der Waals surface area contributed by atoms with Crippen molar-refractivity contribution in [3.63, 3.8) is 0 Å². The highest BCUT2D eigenvalue weighted by molar-refractivity contribution is 5.92. The topological polar surface area (TPSA) is 90.9 Å². The first-order valence-electron chi connectivity index (χ1n) is 5.28. The molecule has 0 saturated heterocycles. The Labute approximate surface area is 103 Å². The van der Waals surface area contributed by atoms with Gasteiger partial charge in [-0.2, -0.15) is 5.10 Å². The van der Waals surface area contributed by atoms with Crippen LogP contribution in [0.4, 0.5) is 0 Å². The van der Waals surface area contributed by atoms with Crippen LogP contribution in [0.5, 0.6) is 0 Å². The average Bonchev–Trinajstić information content (AvgIpc) is 2.78. The van der Waals surface area contributed by atoms with Crippen molar-refractivity contribution in [2.75, 3.05) is 0 Å². The summed E-state index contributed by atoms with van der Waals surface area (Å²) in [5, 5.41) is 3.94. The van der Waals surface area contributed by atoms with Gasteiger partial charge in [-0.3, -0.25) is 14.3 Å². The predicted molar refractivity (Wildman–Crippen MR) is 62.9 cm³/mol. The fraction of sp³-hybridized carbons (Fsp3) is 0.167. The zero-order valence-electron chi connectivity index (χ0n) is 9.75. The fourth-order valence-corrected chi connectivity index (χ4v) is 1.45. The molecule has 0 atom stereocenters. The first-order valence-corrected chi connectivity index (χ1v) is 5.28. The van der Waals surface area contributed by atoms with E-state index in [4.69, 9.17) is 5.73 Å². The lowest BCUT2D eigenvalue weighted by molar-refractivity contribution is 0.0991. The molecular weight excluding hydrogens is 232 g/mol. The van der Waals surface area contributed by atoms with E-state index < -0.39 is 5.91 Å². The molecule has 6 heteroatoms. The second-order valence-electron chi connectivity index (χ2n) is 3.75. The van der Waals surface area contributed by atoms with Crippen LogP contribution < -0.4 is 5.73 Å². The third kappa shape index (κ3) is 2.60. The molecule has 0 unspecified atom stereocenters. The third-order valence-electron chi connectivity index (χ3n) is 2.30. The van der Waals surface area contributed by atoms with Crippen molar-refractivity contribution < 1.29 is 9.59 Å². The van der Waals surface area contributed by atoms with Crippen LogP contribution in [0.15, 0.2) is 24.4 Å². The molecule has 2 aromatic rings. The van der Waals surface area contributed by atoms with Crippen LogP contribution in [0.3, 0.4) is 0 Å². The molecule has 2 rings (SSSR count). The molecule has 0 bridgehead atoms. The van der Waals surface area contributed by atoms with E-state index in [9.17, 15) is 9.59 Å². The smallest absolute Gasteiger partial charge is 0.269 e. The van der Waals surface area contributed by atoms with Gasteiger partial charge >= 0.3 is 0 Å². The zero-order valence-corrected chi connectivity index (χ0v) is 9.75. The highest BCUT2D eigenvalue weighted by atomic mass is 16.1. The minimum absolute atomic E-state index is 0.0812. The Balaban J connectivity index is 2.20. The van der Waals surface area contributed by atoms with E-state index in [1.54, 1.807) is 18.2 Å². The van der Waals surface area contributed by atoms with Crippen molar-refractivity contribution in [3.05, 3.63) is 47.5 Å². The van der Waals surface area contributed by atoms with Gasteiger partial charge in [-0.05, 0) is 12.1 Å². The number of nitrogens with zero attached hydrogens (tertiary/aromatic N) is 3. The number of Topliss-reactive ketones (excluding diaryl/α,β-unsaturated/α-hetero) is 1. The Morgan fingerprint density at radius 2 is 2.22 bits per heavy atom. The Morgan fingerprint density at radius 3 is 2.83 bits per heavy atom. The molecule has 2 aromatic heterocycles. The number of rotatable bonds is 4. The summed E-state index contributed by atoms with van der Waals surface area (Å²) in [5.74, 6) is -0.721. The first-order chi connectivity index (χ1) is 8.56. The lowest BCUT2D eigenvalue weighted by Crippen LogP contribution is -2.13. The lowest BCUT2D eigenvalue weighted by Gasteiger charge is -2.02. The fourth-order valence-electron chi connectivity index (χ4n) is 1.45. The number of nitrogens with two attached hydrogens (primary N) is 1.